The van der Waals surface area contributed by atoms with Gasteiger partial charge in [0.2, 0.25) is 0 Å². The molecule has 0 saturated carbocycles. The molecule has 0 fully saturated rings. The molecule has 6 nitrogen and oxygen atoms in total. The van der Waals surface area contributed by atoms with Crippen molar-refractivity contribution >= 4 is 11.9 Å². The van der Waals surface area contributed by atoms with Gasteiger partial charge in [0.05, 0.1) is 6.04 Å². The second-order valence-electron chi connectivity index (χ2n) is 9.48. The lowest BCUT2D eigenvalue weighted by Gasteiger charge is -2.23. The Kier molecular flexibility index (Phi) is 8.63. The van der Waals surface area contributed by atoms with Crippen LogP contribution in [0.5, 0.6) is 0 Å². The molecular formula is C28H35N3O3. The number of amides is 1. The second kappa shape index (κ2) is 11.6. The first-order valence-corrected chi connectivity index (χ1v) is 11.9. The van der Waals surface area contributed by atoms with Crippen LogP contribution in [0.4, 0.5) is 0 Å². The highest BCUT2D eigenvalue weighted by Crippen LogP contribution is 2.25. The van der Waals surface area contributed by atoms with Crippen LogP contribution in [-0.4, -0.2) is 26.8 Å². The summed E-state index contributed by atoms with van der Waals surface area (Å²) < 4.78 is 1.86. The zero-order valence-corrected chi connectivity index (χ0v) is 20.5. The number of carboxylic acids is 1. The van der Waals surface area contributed by atoms with E-state index in [1.54, 1.807) is 6.20 Å². The van der Waals surface area contributed by atoms with E-state index >= 15 is 0 Å². The van der Waals surface area contributed by atoms with Crippen molar-refractivity contribution < 1.29 is 14.7 Å². The van der Waals surface area contributed by atoms with Gasteiger partial charge in [-0.25, -0.2) is 0 Å². The van der Waals surface area contributed by atoms with Gasteiger partial charge in [0.15, 0.2) is 0 Å². The highest BCUT2D eigenvalue weighted by atomic mass is 16.4. The van der Waals surface area contributed by atoms with Crippen LogP contribution >= 0.6 is 0 Å². The third-order valence-electron chi connectivity index (χ3n) is 5.87. The van der Waals surface area contributed by atoms with Gasteiger partial charge in [0.1, 0.15) is 0 Å². The normalized spacial score (nSPS) is 12.0. The summed E-state index contributed by atoms with van der Waals surface area (Å²) in [4.78, 5) is 24.7. The van der Waals surface area contributed by atoms with Crippen LogP contribution in [0.3, 0.4) is 0 Å². The molecule has 1 amide bonds. The minimum atomic E-state index is -0.873. The summed E-state index contributed by atoms with van der Waals surface area (Å²) in [5.74, 6) is -0.633. The van der Waals surface area contributed by atoms with Gasteiger partial charge in [-0.05, 0) is 67.9 Å². The predicted octanol–water partition coefficient (Wildman–Crippen LogP) is 5.28. The summed E-state index contributed by atoms with van der Waals surface area (Å²) in [5.41, 5.74) is 5.76. The summed E-state index contributed by atoms with van der Waals surface area (Å²) in [6.07, 6.45) is 5.51. The van der Waals surface area contributed by atoms with Crippen LogP contribution in [0, 0.1) is 19.8 Å². The predicted molar refractivity (Wildman–Crippen MR) is 134 cm³/mol. The van der Waals surface area contributed by atoms with Crippen LogP contribution < -0.4 is 5.32 Å². The van der Waals surface area contributed by atoms with Crippen molar-refractivity contribution in [1.82, 2.24) is 15.1 Å². The number of carbonyl (C=O) groups excluding carboxylic acids is 1. The number of aromatic nitrogens is 2. The maximum absolute atomic E-state index is 13.6. The maximum Gasteiger partial charge on any atom is 0.303 e. The van der Waals surface area contributed by atoms with Crippen LogP contribution in [0.15, 0.2) is 54.9 Å². The van der Waals surface area contributed by atoms with Crippen molar-refractivity contribution in [2.75, 3.05) is 0 Å². The number of carbonyl (C=O) groups is 2. The van der Waals surface area contributed by atoms with Crippen molar-refractivity contribution in [2.45, 2.75) is 66.0 Å². The van der Waals surface area contributed by atoms with E-state index in [1.165, 1.54) is 11.1 Å². The average Bonchev–Trinajstić information content (AvgIpc) is 3.28. The van der Waals surface area contributed by atoms with E-state index in [-0.39, 0.29) is 18.4 Å². The number of hydrogen-bond acceptors (Lipinski definition) is 3. The first kappa shape index (κ1) is 25.2. The Morgan fingerprint density at radius 2 is 1.79 bits per heavy atom. The molecule has 1 aromatic heterocycles. The number of aryl methyl sites for hydroxylation is 5. The molecule has 0 spiro atoms. The molecule has 0 bridgehead atoms. The fraction of sp³-hybridized carbons (Fsp3) is 0.393. The Balaban J connectivity index is 1.88. The molecule has 2 aromatic carbocycles. The Hall–Kier alpha value is -3.41. The molecule has 2 N–H and O–H groups in total. The molecule has 6 heteroatoms. The number of nitrogens with one attached hydrogen (secondary N) is 1. The SMILES string of the molecule is Cc1cc(C)cc(C(CC(C)C)NC(=O)c2cc(CCn3cccn3)ccc2CCC(=O)O)c1. The van der Waals surface area contributed by atoms with Crippen LogP contribution in [0.25, 0.3) is 0 Å². The monoisotopic (exact) mass is 461 g/mol. The molecule has 1 atom stereocenters. The van der Waals surface area contributed by atoms with Gasteiger partial charge in [-0.3, -0.25) is 14.3 Å². The molecule has 0 aliphatic heterocycles. The summed E-state index contributed by atoms with van der Waals surface area (Å²) in [6.45, 7) is 9.14. The minimum Gasteiger partial charge on any atom is -0.481 e. The summed E-state index contributed by atoms with van der Waals surface area (Å²) >= 11 is 0. The molecule has 1 heterocycles. The van der Waals surface area contributed by atoms with Crippen LogP contribution in [0.2, 0.25) is 0 Å². The third-order valence-corrected chi connectivity index (χ3v) is 5.87. The van der Waals surface area contributed by atoms with Crippen molar-refractivity contribution in [3.63, 3.8) is 0 Å². The van der Waals surface area contributed by atoms with Gasteiger partial charge in [-0.2, -0.15) is 5.10 Å². The number of aliphatic carboxylic acids is 1. The van der Waals surface area contributed by atoms with Gasteiger partial charge < -0.3 is 10.4 Å². The summed E-state index contributed by atoms with van der Waals surface area (Å²) in [5, 5.41) is 16.7. The van der Waals surface area contributed by atoms with E-state index in [1.807, 2.05) is 35.1 Å². The van der Waals surface area contributed by atoms with Crippen molar-refractivity contribution in [3.05, 3.63) is 88.2 Å². The average molecular weight is 462 g/mol. The van der Waals surface area contributed by atoms with Crippen molar-refractivity contribution in [3.8, 4) is 0 Å². The molecule has 34 heavy (non-hydrogen) atoms. The lowest BCUT2D eigenvalue weighted by atomic mass is 9.93. The highest BCUT2D eigenvalue weighted by Gasteiger charge is 2.20. The van der Waals surface area contributed by atoms with E-state index in [0.29, 0.717) is 24.4 Å². The molecule has 0 radical (unpaired) electrons. The van der Waals surface area contributed by atoms with Gasteiger partial charge in [0.25, 0.3) is 5.91 Å². The molecular weight excluding hydrogens is 426 g/mol. The second-order valence-corrected chi connectivity index (χ2v) is 9.48. The standard InChI is InChI=1S/C28H35N3O3/c1-19(2)14-26(24-16-20(3)15-21(4)17-24)30-28(34)25-18-22(10-13-31-12-5-11-29-31)6-7-23(25)8-9-27(32)33/h5-7,11-12,15-19,26H,8-10,13-14H2,1-4H3,(H,30,34)(H,32,33). The molecule has 0 aliphatic rings. The van der Waals surface area contributed by atoms with Crippen LogP contribution in [-0.2, 0) is 24.2 Å². The molecule has 0 saturated heterocycles. The van der Waals surface area contributed by atoms with Gasteiger partial charge in [-0.1, -0.05) is 55.3 Å². The number of nitrogens with zero attached hydrogens (tertiary/aromatic N) is 2. The fourth-order valence-corrected chi connectivity index (χ4v) is 4.32. The molecule has 0 aliphatic carbocycles. The van der Waals surface area contributed by atoms with Gasteiger partial charge in [0, 0.05) is 30.9 Å². The third kappa shape index (κ3) is 7.30. The summed E-state index contributed by atoms with van der Waals surface area (Å²) in [7, 11) is 0. The Bertz CT molecular complexity index is 1100. The number of rotatable bonds is 11. The largest absolute Gasteiger partial charge is 0.481 e. The van der Waals surface area contributed by atoms with Crippen molar-refractivity contribution in [2.24, 2.45) is 5.92 Å². The quantitative estimate of drug-likeness (QED) is 0.407. The first-order chi connectivity index (χ1) is 16.2. The van der Waals surface area contributed by atoms with E-state index < -0.39 is 5.97 Å². The lowest BCUT2D eigenvalue weighted by Crippen LogP contribution is -2.30. The number of carboxylic acid groups (broad SMARTS) is 1. The van der Waals surface area contributed by atoms with Gasteiger partial charge in [-0.15, -0.1) is 0 Å². The van der Waals surface area contributed by atoms with E-state index in [4.69, 9.17) is 0 Å². The highest BCUT2D eigenvalue weighted by molar-refractivity contribution is 5.96. The van der Waals surface area contributed by atoms with E-state index in [9.17, 15) is 14.7 Å². The lowest BCUT2D eigenvalue weighted by molar-refractivity contribution is -0.136. The zero-order chi connectivity index (χ0) is 24.7. The first-order valence-electron chi connectivity index (χ1n) is 11.9. The number of benzene rings is 2. The van der Waals surface area contributed by atoms with Crippen molar-refractivity contribution in [1.29, 1.82) is 0 Å². The Morgan fingerprint density at radius 1 is 1.06 bits per heavy atom. The smallest absolute Gasteiger partial charge is 0.303 e. The van der Waals surface area contributed by atoms with Gasteiger partial charge >= 0.3 is 5.97 Å². The minimum absolute atomic E-state index is 0.0145. The Morgan fingerprint density at radius 3 is 2.41 bits per heavy atom. The van der Waals surface area contributed by atoms with E-state index in [0.717, 1.165) is 29.5 Å². The topological polar surface area (TPSA) is 84.2 Å². The molecule has 3 rings (SSSR count). The molecule has 180 valence electrons. The molecule has 1 unspecified atom stereocenters. The van der Waals surface area contributed by atoms with E-state index in [2.05, 4.69) is 56.3 Å². The number of hydrogen-bond donors (Lipinski definition) is 2. The van der Waals surface area contributed by atoms with Crippen LogP contribution in [0.1, 0.15) is 70.9 Å². The fourth-order valence-electron chi connectivity index (χ4n) is 4.32. The maximum atomic E-state index is 13.6. The Labute approximate surface area is 202 Å². The molecule has 3 aromatic rings. The summed E-state index contributed by atoms with van der Waals surface area (Å²) in [6, 6.07) is 13.9. The zero-order valence-electron chi connectivity index (χ0n) is 20.5.